The van der Waals surface area contributed by atoms with Crippen LogP contribution in [-0.2, 0) is 4.74 Å². The van der Waals surface area contributed by atoms with Gasteiger partial charge in [0.15, 0.2) is 17.0 Å². The van der Waals surface area contributed by atoms with Crippen LogP contribution in [0.1, 0.15) is 21.7 Å². The minimum Gasteiger partial charge on any atom is -0.464 e. The molecule has 0 spiro atoms. The van der Waals surface area contributed by atoms with E-state index >= 15 is 0 Å². The average Bonchev–Trinajstić information content (AvgIpc) is 2.98. The molecule has 0 radical (unpaired) electrons. The third-order valence-electron chi connectivity index (χ3n) is 4.22. The number of hydrogen-bond acceptors (Lipinski definition) is 5. The van der Waals surface area contributed by atoms with Crippen molar-refractivity contribution in [3.05, 3.63) is 59.2 Å². The lowest BCUT2D eigenvalue weighted by Gasteiger charge is -2.07. The Bertz CT molecular complexity index is 1180. The summed E-state index contributed by atoms with van der Waals surface area (Å²) in [6.07, 6.45) is 0. The minimum absolute atomic E-state index is 0.158. The number of aromatic nitrogens is 4. The SMILES string of the molecule is COC(=O)c1cc(-c2ccccc2F)nc2c3c(C)cc(C)nc3nn12. The van der Waals surface area contributed by atoms with Crippen molar-refractivity contribution in [3.8, 4) is 11.3 Å². The molecule has 0 saturated carbocycles. The number of halogens is 1. The molecule has 0 N–H and O–H groups in total. The lowest BCUT2D eigenvalue weighted by molar-refractivity contribution is 0.0590. The second-order valence-corrected chi connectivity index (χ2v) is 6.01. The maximum absolute atomic E-state index is 14.3. The van der Waals surface area contributed by atoms with E-state index in [1.165, 1.54) is 23.8 Å². The van der Waals surface area contributed by atoms with Gasteiger partial charge in [-0.05, 0) is 43.7 Å². The maximum Gasteiger partial charge on any atom is 0.356 e. The van der Waals surface area contributed by atoms with Gasteiger partial charge in [0.05, 0.1) is 18.2 Å². The van der Waals surface area contributed by atoms with E-state index in [-0.39, 0.29) is 5.69 Å². The molecule has 3 aromatic heterocycles. The van der Waals surface area contributed by atoms with Gasteiger partial charge in [-0.3, -0.25) is 0 Å². The number of esters is 1. The van der Waals surface area contributed by atoms with Crippen LogP contribution in [0.2, 0.25) is 0 Å². The molecule has 130 valence electrons. The second kappa shape index (κ2) is 5.87. The van der Waals surface area contributed by atoms with Crippen LogP contribution in [0.4, 0.5) is 4.39 Å². The van der Waals surface area contributed by atoms with Gasteiger partial charge in [-0.1, -0.05) is 12.1 Å². The molecule has 7 heteroatoms. The van der Waals surface area contributed by atoms with E-state index in [0.717, 1.165) is 16.6 Å². The average molecular weight is 350 g/mol. The van der Waals surface area contributed by atoms with Gasteiger partial charge in [0, 0.05) is 11.3 Å². The predicted molar refractivity (Wildman–Crippen MR) is 94.5 cm³/mol. The standard InChI is InChI=1S/C19H15FN4O2/c1-10-8-11(2)21-17-16(10)18-22-14(12-6-4-5-7-13(12)20)9-15(19(25)26-3)24(18)23-17/h4-9H,1-3H3. The van der Waals surface area contributed by atoms with Crippen LogP contribution in [-0.4, -0.2) is 32.7 Å². The molecule has 0 aliphatic rings. The largest absolute Gasteiger partial charge is 0.464 e. The first-order chi connectivity index (χ1) is 12.5. The molecular weight excluding hydrogens is 335 g/mol. The van der Waals surface area contributed by atoms with E-state index in [1.807, 2.05) is 19.9 Å². The summed E-state index contributed by atoms with van der Waals surface area (Å²) in [5, 5.41) is 5.13. The quantitative estimate of drug-likeness (QED) is 0.518. The third kappa shape index (κ3) is 2.40. The zero-order valence-electron chi connectivity index (χ0n) is 14.4. The Balaban J connectivity index is 2.15. The first kappa shape index (κ1) is 16.1. The van der Waals surface area contributed by atoms with E-state index in [2.05, 4.69) is 15.1 Å². The van der Waals surface area contributed by atoms with Crippen LogP contribution >= 0.6 is 0 Å². The van der Waals surface area contributed by atoms with Crippen molar-refractivity contribution in [1.29, 1.82) is 0 Å². The van der Waals surface area contributed by atoms with Crippen molar-refractivity contribution in [2.45, 2.75) is 13.8 Å². The fourth-order valence-electron chi connectivity index (χ4n) is 3.08. The van der Waals surface area contributed by atoms with E-state index in [9.17, 15) is 9.18 Å². The van der Waals surface area contributed by atoms with Crippen LogP contribution in [0.15, 0.2) is 36.4 Å². The van der Waals surface area contributed by atoms with Gasteiger partial charge in [-0.2, -0.15) is 0 Å². The lowest BCUT2D eigenvalue weighted by atomic mass is 10.1. The summed E-state index contributed by atoms with van der Waals surface area (Å²) < 4.78 is 20.5. The molecule has 4 rings (SSSR count). The number of benzene rings is 1. The van der Waals surface area contributed by atoms with Crippen molar-refractivity contribution < 1.29 is 13.9 Å². The highest BCUT2D eigenvalue weighted by atomic mass is 19.1. The molecule has 1 aromatic carbocycles. The molecule has 0 bridgehead atoms. The highest BCUT2D eigenvalue weighted by Gasteiger charge is 2.21. The number of aryl methyl sites for hydroxylation is 2. The molecule has 6 nitrogen and oxygen atoms in total. The Morgan fingerprint density at radius 1 is 1.15 bits per heavy atom. The number of fused-ring (bicyclic) bond motifs is 3. The van der Waals surface area contributed by atoms with Crippen molar-refractivity contribution in [2.24, 2.45) is 0 Å². The van der Waals surface area contributed by atoms with E-state index in [0.29, 0.717) is 22.6 Å². The molecule has 0 aliphatic carbocycles. The summed E-state index contributed by atoms with van der Waals surface area (Å²) in [6.45, 7) is 3.80. The Kier molecular flexibility index (Phi) is 3.64. The summed E-state index contributed by atoms with van der Waals surface area (Å²) in [6, 6.07) is 9.67. The highest BCUT2D eigenvalue weighted by Crippen LogP contribution is 2.27. The van der Waals surface area contributed by atoms with Gasteiger partial charge in [0.25, 0.3) is 0 Å². The van der Waals surface area contributed by atoms with Gasteiger partial charge in [0.2, 0.25) is 0 Å². The first-order valence-electron chi connectivity index (χ1n) is 8.00. The fraction of sp³-hybridized carbons (Fsp3) is 0.158. The van der Waals surface area contributed by atoms with Gasteiger partial charge in [-0.25, -0.2) is 23.7 Å². The van der Waals surface area contributed by atoms with Crippen molar-refractivity contribution in [3.63, 3.8) is 0 Å². The van der Waals surface area contributed by atoms with Gasteiger partial charge >= 0.3 is 5.97 Å². The smallest absolute Gasteiger partial charge is 0.356 e. The van der Waals surface area contributed by atoms with Crippen molar-refractivity contribution in [2.75, 3.05) is 7.11 Å². The number of methoxy groups -OCH3 is 1. The second-order valence-electron chi connectivity index (χ2n) is 6.01. The van der Waals surface area contributed by atoms with Crippen LogP contribution < -0.4 is 0 Å². The summed E-state index contributed by atoms with van der Waals surface area (Å²) in [7, 11) is 1.29. The zero-order valence-corrected chi connectivity index (χ0v) is 14.4. The van der Waals surface area contributed by atoms with Crippen LogP contribution in [0.25, 0.3) is 27.9 Å². The third-order valence-corrected chi connectivity index (χ3v) is 4.22. The molecule has 26 heavy (non-hydrogen) atoms. The summed E-state index contributed by atoms with van der Waals surface area (Å²) in [4.78, 5) is 21.3. The maximum atomic E-state index is 14.3. The number of rotatable bonds is 2. The van der Waals surface area contributed by atoms with Gasteiger partial charge in [-0.15, -0.1) is 5.10 Å². The van der Waals surface area contributed by atoms with E-state index in [4.69, 9.17) is 4.74 Å². The lowest BCUT2D eigenvalue weighted by Crippen LogP contribution is -2.10. The number of nitrogens with zero attached hydrogens (tertiary/aromatic N) is 4. The summed E-state index contributed by atoms with van der Waals surface area (Å²) >= 11 is 0. The Hall–Kier alpha value is -3.35. The molecule has 0 saturated heterocycles. The van der Waals surface area contributed by atoms with E-state index in [1.54, 1.807) is 18.2 Å². The zero-order chi connectivity index (χ0) is 18.4. The number of pyridine rings is 1. The number of hydrogen-bond donors (Lipinski definition) is 0. The predicted octanol–water partition coefficient (Wildman–Crippen LogP) is 3.49. The van der Waals surface area contributed by atoms with Crippen molar-refractivity contribution >= 4 is 22.6 Å². The summed E-state index contributed by atoms with van der Waals surface area (Å²) in [5.74, 6) is -1.01. The van der Waals surface area contributed by atoms with E-state index < -0.39 is 11.8 Å². The van der Waals surface area contributed by atoms with Gasteiger partial charge < -0.3 is 4.74 Å². The molecule has 0 amide bonds. The minimum atomic E-state index is -0.586. The molecule has 3 heterocycles. The normalized spacial score (nSPS) is 11.2. The molecular formula is C19H15FN4O2. The number of carbonyl (C=O) groups excluding carboxylic acids is 1. The molecule has 4 aromatic rings. The topological polar surface area (TPSA) is 69.4 Å². The highest BCUT2D eigenvalue weighted by molar-refractivity contribution is 5.97. The molecule has 0 atom stereocenters. The Morgan fingerprint density at radius 2 is 1.92 bits per heavy atom. The Morgan fingerprint density at radius 3 is 2.65 bits per heavy atom. The molecule has 0 fully saturated rings. The van der Waals surface area contributed by atoms with Gasteiger partial charge in [0.1, 0.15) is 5.82 Å². The first-order valence-corrected chi connectivity index (χ1v) is 8.00. The Labute approximate surface area is 148 Å². The monoisotopic (exact) mass is 350 g/mol. The summed E-state index contributed by atoms with van der Waals surface area (Å²) in [5.41, 5.74) is 3.44. The molecule has 0 unspecified atom stereocenters. The van der Waals surface area contributed by atoms with Crippen LogP contribution in [0, 0.1) is 19.7 Å². The van der Waals surface area contributed by atoms with Crippen LogP contribution in [0.5, 0.6) is 0 Å². The molecule has 0 aliphatic heterocycles. The number of ether oxygens (including phenoxy) is 1. The van der Waals surface area contributed by atoms with Crippen molar-refractivity contribution in [1.82, 2.24) is 19.6 Å². The fourth-order valence-corrected chi connectivity index (χ4v) is 3.08. The van der Waals surface area contributed by atoms with Crippen LogP contribution in [0.3, 0.4) is 0 Å². The number of carbonyl (C=O) groups is 1.